The van der Waals surface area contributed by atoms with E-state index in [1.807, 2.05) is 17.0 Å². The summed E-state index contributed by atoms with van der Waals surface area (Å²) in [6, 6.07) is 0. The van der Waals surface area contributed by atoms with E-state index in [0.29, 0.717) is 6.61 Å². The molecule has 2 aromatic heterocycles. The molecule has 0 amide bonds. The molecular weight excluding hydrogens is 320 g/mol. The van der Waals surface area contributed by atoms with Gasteiger partial charge in [-0.2, -0.15) is 0 Å². The van der Waals surface area contributed by atoms with E-state index < -0.39 is 8.32 Å². The Hall–Kier alpha value is -0.603. The Kier molecular flexibility index (Phi) is 7.15. The predicted molar refractivity (Wildman–Crippen MR) is 92.1 cm³/mol. The van der Waals surface area contributed by atoms with Crippen LogP contribution in [0.2, 0.25) is 18.1 Å². The summed E-state index contributed by atoms with van der Waals surface area (Å²) in [5.41, 5.74) is 0. The summed E-state index contributed by atoms with van der Waals surface area (Å²) in [6.45, 7) is 12.0. The average molecular weight is 345 g/mol. The van der Waals surface area contributed by atoms with Gasteiger partial charge in [-0.3, -0.25) is 0 Å². The van der Waals surface area contributed by atoms with E-state index >= 15 is 0 Å². The number of thiazole rings is 2. The van der Waals surface area contributed by atoms with Gasteiger partial charge in [0.2, 0.25) is 0 Å². The lowest BCUT2D eigenvalue weighted by Gasteiger charge is -2.35. The van der Waals surface area contributed by atoms with Crippen LogP contribution in [0.5, 0.6) is 0 Å². The molecule has 0 aliphatic carbocycles. The van der Waals surface area contributed by atoms with Gasteiger partial charge in [0.25, 0.3) is 0 Å². The maximum absolute atomic E-state index is 8.37. The lowest BCUT2D eigenvalue weighted by molar-refractivity contribution is 0.276. The van der Waals surface area contributed by atoms with Gasteiger partial charge in [0.05, 0.1) is 13.2 Å². The van der Waals surface area contributed by atoms with E-state index in [1.54, 1.807) is 17.5 Å². The van der Waals surface area contributed by atoms with Crippen molar-refractivity contribution in [2.24, 2.45) is 0 Å². The first-order valence-corrected chi connectivity index (χ1v) is 11.4. The Balaban J connectivity index is 0.000000262. The van der Waals surface area contributed by atoms with Crippen LogP contribution in [-0.2, 0) is 17.6 Å². The van der Waals surface area contributed by atoms with Gasteiger partial charge in [-0.1, -0.05) is 20.8 Å². The van der Waals surface area contributed by atoms with Gasteiger partial charge in [-0.05, 0) is 18.1 Å². The van der Waals surface area contributed by atoms with Crippen molar-refractivity contribution < 1.29 is 9.53 Å². The lowest BCUT2D eigenvalue weighted by atomic mass is 10.2. The smallest absolute Gasteiger partial charge is 0.192 e. The molecular formula is C14H24N2O2S2Si. The highest BCUT2D eigenvalue weighted by Crippen LogP contribution is 2.37. The van der Waals surface area contributed by atoms with Crippen LogP contribution >= 0.6 is 22.7 Å². The summed E-state index contributed by atoms with van der Waals surface area (Å²) in [5, 5.41) is 14.3. The highest BCUT2D eigenvalue weighted by Gasteiger charge is 2.37. The van der Waals surface area contributed by atoms with Crippen molar-refractivity contribution in [3.05, 3.63) is 33.2 Å². The summed E-state index contributed by atoms with van der Waals surface area (Å²) >= 11 is 3.12. The standard InChI is InChI=1S/C10H19NOSSi.C4H5NOS/c1-10(2,3)14(4,5)12-8-9-11-6-7-13-9;6-3-4-5-1-2-7-4/h6-7H,8H2,1-5H3;1-2,6H,3H2. The normalized spacial score (nSPS) is 11.9. The molecule has 2 heterocycles. The number of aliphatic hydroxyl groups is 1. The summed E-state index contributed by atoms with van der Waals surface area (Å²) in [6.07, 6.45) is 3.51. The number of rotatable bonds is 4. The minimum Gasteiger partial charge on any atom is -0.410 e. The third-order valence-electron chi connectivity index (χ3n) is 3.46. The third kappa shape index (κ3) is 6.35. The van der Waals surface area contributed by atoms with Gasteiger partial charge in [0, 0.05) is 23.2 Å². The molecule has 0 aromatic carbocycles. The maximum Gasteiger partial charge on any atom is 0.192 e. The number of aliphatic hydroxyl groups excluding tert-OH is 1. The zero-order chi connectivity index (χ0) is 15.9. The van der Waals surface area contributed by atoms with E-state index in [9.17, 15) is 0 Å². The Labute approximate surface area is 136 Å². The predicted octanol–water partition coefficient (Wildman–Crippen LogP) is 4.30. The van der Waals surface area contributed by atoms with E-state index in [-0.39, 0.29) is 11.6 Å². The van der Waals surface area contributed by atoms with Crippen molar-refractivity contribution in [1.82, 2.24) is 9.97 Å². The molecule has 0 aliphatic heterocycles. The van der Waals surface area contributed by atoms with E-state index in [1.165, 1.54) is 11.3 Å². The second-order valence-electron chi connectivity index (χ2n) is 6.06. The molecule has 7 heteroatoms. The van der Waals surface area contributed by atoms with Crippen molar-refractivity contribution in [2.45, 2.75) is 52.1 Å². The fourth-order valence-electron chi connectivity index (χ4n) is 1.11. The van der Waals surface area contributed by atoms with Crippen molar-refractivity contribution in [3.63, 3.8) is 0 Å². The monoisotopic (exact) mass is 344 g/mol. The lowest BCUT2D eigenvalue weighted by Crippen LogP contribution is -2.40. The van der Waals surface area contributed by atoms with Crippen LogP contribution in [0.15, 0.2) is 23.2 Å². The van der Waals surface area contributed by atoms with Crippen LogP contribution in [0, 0.1) is 0 Å². The third-order valence-corrected chi connectivity index (χ3v) is 9.46. The van der Waals surface area contributed by atoms with Gasteiger partial charge < -0.3 is 9.53 Å². The van der Waals surface area contributed by atoms with Crippen LogP contribution in [0.1, 0.15) is 30.8 Å². The molecule has 0 unspecified atom stereocenters. The molecule has 0 saturated heterocycles. The molecule has 0 fully saturated rings. The first-order valence-electron chi connectivity index (χ1n) is 6.78. The highest BCUT2D eigenvalue weighted by molar-refractivity contribution is 7.09. The molecule has 1 N–H and O–H groups in total. The molecule has 0 aliphatic rings. The quantitative estimate of drug-likeness (QED) is 0.840. The van der Waals surface area contributed by atoms with E-state index in [4.69, 9.17) is 9.53 Å². The first kappa shape index (κ1) is 18.4. The molecule has 0 bridgehead atoms. The second kappa shape index (κ2) is 8.14. The Morgan fingerprint density at radius 1 is 1.10 bits per heavy atom. The molecule has 0 atom stereocenters. The molecule has 4 nitrogen and oxygen atoms in total. The topological polar surface area (TPSA) is 55.2 Å². The number of nitrogens with zero attached hydrogens (tertiary/aromatic N) is 2. The molecule has 0 radical (unpaired) electrons. The van der Waals surface area contributed by atoms with E-state index in [0.717, 1.165) is 10.0 Å². The van der Waals surface area contributed by atoms with Crippen LogP contribution in [-0.4, -0.2) is 23.4 Å². The fraction of sp³-hybridized carbons (Fsp3) is 0.571. The fourth-order valence-corrected chi connectivity index (χ4v) is 3.15. The van der Waals surface area contributed by atoms with Crippen LogP contribution in [0.25, 0.3) is 0 Å². The van der Waals surface area contributed by atoms with Gasteiger partial charge >= 0.3 is 0 Å². The number of hydrogen-bond acceptors (Lipinski definition) is 6. The largest absolute Gasteiger partial charge is 0.410 e. The SMILES string of the molecule is CC(C)(C)[Si](C)(C)OCc1nccs1.OCc1nccs1. The summed E-state index contributed by atoms with van der Waals surface area (Å²) in [5.74, 6) is 0. The zero-order valence-electron chi connectivity index (χ0n) is 13.3. The minimum atomic E-state index is -1.59. The van der Waals surface area contributed by atoms with Crippen molar-refractivity contribution in [3.8, 4) is 0 Å². The second-order valence-corrected chi connectivity index (χ2v) is 12.8. The molecule has 0 spiro atoms. The molecule has 2 aromatic rings. The zero-order valence-corrected chi connectivity index (χ0v) is 15.9. The van der Waals surface area contributed by atoms with Gasteiger partial charge in [0.1, 0.15) is 10.0 Å². The number of hydrogen-bond donors (Lipinski definition) is 1. The highest BCUT2D eigenvalue weighted by atomic mass is 32.1. The van der Waals surface area contributed by atoms with Gasteiger partial charge in [-0.15, -0.1) is 22.7 Å². The van der Waals surface area contributed by atoms with E-state index in [2.05, 4.69) is 43.8 Å². The number of aromatic nitrogens is 2. The van der Waals surface area contributed by atoms with Crippen molar-refractivity contribution in [1.29, 1.82) is 0 Å². The first-order chi connectivity index (χ1) is 9.76. The van der Waals surface area contributed by atoms with Crippen molar-refractivity contribution >= 4 is 31.0 Å². The average Bonchev–Trinajstić information content (AvgIpc) is 3.09. The van der Waals surface area contributed by atoms with Gasteiger partial charge in [-0.25, -0.2) is 9.97 Å². The maximum atomic E-state index is 8.37. The van der Waals surface area contributed by atoms with Gasteiger partial charge in [0.15, 0.2) is 8.32 Å². The minimum absolute atomic E-state index is 0.0671. The Bertz CT molecular complexity index is 494. The molecule has 0 saturated carbocycles. The Morgan fingerprint density at radius 3 is 1.95 bits per heavy atom. The summed E-state index contributed by atoms with van der Waals surface area (Å²) < 4.78 is 6.03. The molecule has 21 heavy (non-hydrogen) atoms. The summed E-state index contributed by atoms with van der Waals surface area (Å²) in [7, 11) is -1.59. The summed E-state index contributed by atoms with van der Waals surface area (Å²) in [4.78, 5) is 8.02. The van der Waals surface area contributed by atoms with Crippen LogP contribution in [0.4, 0.5) is 0 Å². The Morgan fingerprint density at radius 2 is 1.62 bits per heavy atom. The van der Waals surface area contributed by atoms with Crippen molar-refractivity contribution in [2.75, 3.05) is 0 Å². The van der Waals surface area contributed by atoms with Crippen LogP contribution in [0.3, 0.4) is 0 Å². The molecule has 2 rings (SSSR count). The van der Waals surface area contributed by atoms with Crippen LogP contribution < -0.4 is 0 Å². The molecule has 118 valence electrons.